The highest BCUT2D eigenvalue weighted by Gasteiger charge is 2.38. The predicted molar refractivity (Wildman–Crippen MR) is 83.6 cm³/mol. The van der Waals surface area contributed by atoms with Crippen molar-refractivity contribution in [2.45, 2.75) is 72.3 Å². The highest BCUT2D eigenvalue weighted by atomic mass is 16.2. The molecule has 1 amide bonds. The summed E-state index contributed by atoms with van der Waals surface area (Å²) in [7, 11) is 0. The molecule has 0 aromatic heterocycles. The molecule has 1 aliphatic heterocycles. The van der Waals surface area contributed by atoms with Crippen LogP contribution in [0.15, 0.2) is 0 Å². The van der Waals surface area contributed by atoms with Crippen LogP contribution in [0.2, 0.25) is 0 Å². The first kappa shape index (κ1) is 15.8. The lowest BCUT2D eigenvalue weighted by Crippen LogP contribution is -2.47. The molecule has 1 saturated carbocycles. The lowest BCUT2D eigenvalue weighted by atomic mass is 9.69. The minimum atomic E-state index is -0.181. The molecule has 0 aromatic rings. The smallest absolute Gasteiger partial charge is 0.227 e. The van der Waals surface area contributed by atoms with Crippen LogP contribution < -0.4 is 10.6 Å². The standard InChI is InChI=1S/C17H32N2O/c1-5-16(2,3)13-6-8-14(9-7-13)19-15(20)17(4)10-11-18-12-17/h13-14,18H,5-12H2,1-4H3,(H,19,20). The molecule has 1 atom stereocenters. The van der Waals surface area contributed by atoms with Crippen LogP contribution in [-0.4, -0.2) is 25.0 Å². The van der Waals surface area contributed by atoms with Crippen molar-refractivity contribution >= 4 is 5.91 Å². The van der Waals surface area contributed by atoms with E-state index in [-0.39, 0.29) is 11.3 Å². The van der Waals surface area contributed by atoms with E-state index in [1.54, 1.807) is 0 Å². The summed E-state index contributed by atoms with van der Waals surface area (Å²) in [5.41, 5.74) is 0.274. The summed E-state index contributed by atoms with van der Waals surface area (Å²) in [5, 5.41) is 6.62. The predicted octanol–water partition coefficient (Wildman–Crippen LogP) is 3.10. The maximum absolute atomic E-state index is 12.4. The first-order valence-corrected chi connectivity index (χ1v) is 8.39. The van der Waals surface area contributed by atoms with Crippen molar-refractivity contribution in [2.24, 2.45) is 16.7 Å². The molecular formula is C17H32N2O. The average Bonchev–Trinajstić information content (AvgIpc) is 2.88. The van der Waals surface area contributed by atoms with Crippen molar-refractivity contribution in [3.63, 3.8) is 0 Å². The van der Waals surface area contributed by atoms with Crippen LogP contribution in [0, 0.1) is 16.7 Å². The maximum Gasteiger partial charge on any atom is 0.227 e. The van der Waals surface area contributed by atoms with E-state index in [0.29, 0.717) is 11.5 Å². The van der Waals surface area contributed by atoms with Crippen LogP contribution in [0.25, 0.3) is 0 Å². The molecule has 3 nitrogen and oxygen atoms in total. The zero-order chi connectivity index (χ0) is 14.8. The van der Waals surface area contributed by atoms with E-state index in [4.69, 9.17) is 0 Å². The van der Waals surface area contributed by atoms with Crippen molar-refractivity contribution in [2.75, 3.05) is 13.1 Å². The van der Waals surface area contributed by atoms with E-state index in [1.165, 1.54) is 19.3 Å². The molecule has 20 heavy (non-hydrogen) atoms. The minimum absolute atomic E-state index is 0.181. The van der Waals surface area contributed by atoms with Gasteiger partial charge in [0.05, 0.1) is 5.41 Å². The van der Waals surface area contributed by atoms with Crippen molar-refractivity contribution in [3.8, 4) is 0 Å². The SMILES string of the molecule is CCC(C)(C)C1CCC(NC(=O)C2(C)CCNC2)CC1. The van der Waals surface area contributed by atoms with Gasteiger partial charge in [0.1, 0.15) is 0 Å². The van der Waals surface area contributed by atoms with Gasteiger partial charge in [0, 0.05) is 12.6 Å². The maximum atomic E-state index is 12.4. The molecule has 1 saturated heterocycles. The largest absolute Gasteiger partial charge is 0.353 e. The van der Waals surface area contributed by atoms with Crippen LogP contribution in [0.3, 0.4) is 0 Å². The molecule has 2 aliphatic rings. The molecule has 0 spiro atoms. The van der Waals surface area contributed by atoms with E-state index in [0.717, 1.165) is 38.3 Å². The Balaban J connectivity index is 1.81. The van der Waals surface area contributed by atoms with Crippen LogP contribution >= 0.6 is 0 Å². The summed E-state index contributed by atoms with van der Waals surface area (Å²) < 4.78 is 0. The van der Waals surface area contributed by atoms with Gasteiger partial charge < -0.3 is 10.6 Å². The monoisotopic (exact) mass is 280 g/mol. The summed E-state index contributed by atoms with van der Waals surface area (Å²) in [5.74, 6) is 1.09. The van der Waals surface area contributed by atoms with Crippen LogP contribution in [0.4, 0.5) is 0 Å². The summed E-state index contributed by atoms with van der Waals surface area (Å²) >= 11 is 0. The van der Waals surface area contributed by atoms with E-state index in [9.17, 15) is 4.79 Å². The van der Waals surface area contributed by atoms with Gasteiger partial charge in [-0.15, -0.1) is 0 Å². The topological polar surface area (TPSA) is 41.1 Å². The molecule has 1 unspecified atom stereocenters. The van der Waals surface area contributed by atoms with Gasteiger partial charge in [-0.25, -0.2) is 0 Å². The number of carbonyl (C=O) groups is 1. The second-order valence-electron chi connectivity index (χ2n) is 7.85. The van der Waals surface area contributed by atoms with E-state index in [2.05, 4.69) is 38.3 Å². The Hall–Kier alpha value is -0.570. The number of hydrogen-bond acceptors (Lipinski definition) is 2. The number of hydrogen-bond donors (Lipinski definition) is 2. The summed E-state index contributed by atoms with van der Waals surface area (Å²) in [4.78, 5) is 12.4. The van der Waals surface area contributed by atoms with Gasteiger partial charge in [-0.05, 0) is 56.9 Å². The minimum Gasteiger partial charge on any atom is -0.353 e. The van der Waals surface area contributed by atoms with Crippen molar-refractivity contribution in [1.82, 2.24) is 10.6 Å². The van der Waals surface area contributed by atoms with Gasteiger partial charge >= 0.3 is 0 Å². The molecule has 2 fully saturated rings. The molecule has 2 rings (SSSR count). The quantitative estimate of drug-likeness (QED) is 0.831. The second-order valence-corrected chi connectivity index (χ2v) is 7.85. The molecule has 0 bridgehead atoms. The first-order chi connectivity index (χ1) is 9.37. The van der Waals surface area contributed by atoms with E-state index in [1.807, 2.05) is 0 Å². The fraction of sp³-hybridized carbons (Fsp3) is 0.941. The number of nitrogens with one attached hydrogen (secondary N) is 2. The average molecular weight is 280 g/mol. The number of carbonyl (C=O) groups excluding carboxylic acids is 1. The molecule has 1 aliphatic carbocycles. The van der Waals surface area contributed by atoms with Crippen LogP contribution in [0.5, 0.6) is 0 Å². The molecular weight excluding hydrogens is 248 g/mol. The molecule has 0 aromatic carbocycles. The fourth-order valence-corrected chi connectivity index (χ4v) is 3.68. The Labute approximate surface area is 124 Å². The normalized spacial score (nSPS) is 35.0. The Morgan fingerprint density at radius 2 is 1.95 bits per heavy atom. The van der Waals surface area contributed by atoms with Crippen LogP contribution in [-0.2, 0) is 4.79 Å². The molecule has 116 valence electrons. The highest BCUT2D eigenvalue weighted by Crippen LogP contribution is 2.40. The zero-order valence-electron chi connectivity index (χ0n) is 13.7. The highest BCUT2D eigenvalue weighted by molar-refractivity contribution is 5.83. The number of amides is 1. The molecule has 0 radical (unpaired) electrons. The van der Waals surface area contributed by atoms with Crippen molar-refractivity contribution in [1.29, 1.82) is 0 Å². The Morgan fingerprint density at radius 1 is 1.30 bits per heavy atom. The summed E-state index contributed by atoms with van der Waals surface area (Å²) in [6.45, 7) is 11.0. The van der Waals surface area contributed by atoms with Gasteiger partial charge in [0.2, 0.25) is 5.91 Å². The zero-order valence-corrected chi connectivity index (χ0v) is 13.7. The van der Waals surface area contributed by atoms with Crippen molar-refractivity contribution in [3.05, 3.63) is 0 Å². The third-order valence-electron chi connectivity index (χ3n) is 6.00. The summed E-state index contributed by atoms with van der Waals surface area (Å²) in [6, 6.07) is 0.406. The van der Waals surface area contributed by atoms with Gasteiger partial charge in [0.25, 0.3) is 0 Å². The van der Waals surface area contributed by atoms with Gasteiger partial charge in [-0.3, -0.25) is 4.79 Å². The Morgan fingerprint density at radius 3 is 2.45 bits per heavy atom. The lowest BCUT2D eigenvalue weighted by molar-refractivity contribution is -0.130. The summed E-state index contributed by atoms with van der Waals surface area (Å²) in [6.07, 6.45) is 7.06. The second kappa shape index (κ2) is 6.05. The van der Waals surface area contributed by atoms with Gasteiger partial charge in [-0.1, -0.05) is 27.2 Å². The molecule has 3 heteroatoms. The Kier molecular flexibility index (Phi) is 4.78. The third-order valence-corrected chi connectivity index (χ3v) is 6.00. The lowest BCUT2D eigenvalue weighted by Gasteiger charge is -2.39. The van der Waals surface area contributed by atoms with Gasteiger partial charge in [-0.2, -0.15) is 0 Å². The van der Waals surface area contributed by atoms with E-state index >= 15 is 0 Å². The fourth-order valence-electron chi connectivity index (χ4n) is 3.68. The van der Waals surface area contributed by atoms with Crippen molar-refractivity contribution < 1.29 is 4.79 Å². The first-order valence-electron chi connectivity index (χ1n) is 8.39. The molecule has 2 N–H and O–H groups in total. The van der Waals surface area contributed by atoms with Gasteiger partial charge in [0.15, 0.2) is 0 Å². The van der Waals surface area contributed by atoms with Crippen LogP contribution in [0.1, 0.15) is 66.2 Å². The molecule has 1 heterocycles. The van der Waals surface area contributed by atoms with E-state index < -0.39 is 0 Å². The number of rotatable bonds is 4. The third kappa shape index (κ3) is 3.36. The Bertz CT molecular complexity index is 337.